The minimum atomic E-state index is -0.491. The normalized spacial score (nSPS) is 18.3. The van der Waals surface area contributed by atoms with Crippen molar-refractivity contribution in [3.63, 3.8) is 0 Å². The molecule has 132 valence electrons. The van der Waals surface area contributed by atoms with Gasteiger partial charge in [0.2, 0.25) is 0 Å². The number of thiazole rings is 1. The third kappa shape index (κ3) is 3.08. The summed E-state index contributed by atoms with van der Waals surface area (Å²) >= 11 is 1.60. The van der Waals surface area contributed by atoms with Crippen molar-refractivity contribution in [1.82, 2.24) is 9.88 Å². The van der Waals surface area contributed by atoms with E-state index in [2.05, 4.69) is 9.88 Å². The van der Waals surface area contributed by atoms with Crippen LogP contribution in [0.3, 0.4) is 0 Å². The fraction of sp³-hybridized carbons (Fsp3) is 0.500. The molecule has 25 heavy (non-hydrogen) atoms. The molecule has 1 aliphatic carbocycles. The molecule has 4 rings (SSSR count). The largest absolute Gasteiger partial charge is 0.427 e. The Hall–Kier alpha value is -2.15. The molecule has 2 aliphatic rings. The van der Waals surface area contributed by atoms with Crippen molar-refractivity contribution in [1.29, 1.82) is 0 Å². The number of aryl methyl sites for hydroxylation is 1. The molecule has 0 spiro atoms. The summed E-state index contributed by atoms with van der Waals surface area (Å²) in [5.74, 6) is 0.862. The predicted octanol–water partition coefficient (Wildman–Crippen LogP) is 2.63. The van der Waals surface area contributed by atoms with Gasteiger partial charge in [0.15, 0.2) is 5.13 Å². The third-order valence-corrected chi connectivity index (χ3v) is 5.98. The summed E-state index contributed by atoms with van der Waals surface area (Å²) in [4.78, 5) is 33.5. The second-order valence-electron chi connectivity index (χ2n) is 6.72. The molecule has 7 heteroatoms. The molecule has 6 nitrogen and oxygen atoms in total. The average Bonchev–Trinajstić information content (AvgIpc) is 3.07. The molecule has 0 aromatic carbocycles. The fourth-order valence-corrected chi connectivity index (χ4v) is 4.11. The first kappa shape index (κ1) is 16.3. The maximum atomic E-state index is 12.8. The minimum absolute atomic E-state index is 0.186. The first-order valence-electron chi connectivity index (χ1n) is 8.72. The van der Waals surface area contributed by atoms with Crippen LogP contribution in [0.1, 0.15) is 46.9 Å². The number of rotatable bonds is 3. The van der Waals surface area contributed by atoms with Crippen LogP contribution >= 0.6 is 11.3 Å². The molecule has 0 bridgehead atoms. The second-order valence-corrected chi connectivity index (χ2v) is 7.59. The molecular formula is C18H21N3O3S. The van der Waals surface area contributed by atoms with E-state index in [9.17, 15) is 9.59 Å². The predicted molar refractivity (Wildman–Crippen MR) is 96.5 cm³/mol. The molecule has 0 radical (unpaired) electrons. The number of piperazine rings is 1. The summed E-state index contributed by atoms with van der Waals surface area (Å²) in [6.07, 6.45) is 5.09. The molecule has 3 heterocycles. The topological polar surface area (TPSA) is 66.7 Å². The number of hydrogen-bond acceptors (Lipinski definition) is 6. The Morgan fingerprint density at radius 1 is 1.28 bits per heavy atom. The van der Waals surface area contributed by atoms with Crippen molar-refractivity contribution < 1.29 is 9.21 Å². The number of carbonyl (C=O) groups excluding carboxylic acids is 1. The Kier molecular flexibility index (Phi) is 4.33. The smallest absolute Gasteiger partial charge is 0.349 e. The van der Waals surface area contributed by atoms with E-state index in [1.165, 1.54) is 6.42 Å². The Labute approximate surface area is 150 Å². The van der Waals surface area contributed by atoms with Gasteiger partial charge in [0, 0.05) is 43.7 Å². The van der Waals surface area contributed by atoms with E-state index in [4.69, 9.17) is 4.42 Å². The van der Waals surface area contributed by atoms with Crippen LogP contribution in [0, 0.1) is 6.92 Å². The highest BCUT2D eigenvalue weighted by Crippen LogP contribution is 2.36. The van der Waals surface area contributed by atoms with Crippen LogP contribution in [-0.4, -0.2) is 42.0 Å². The van der Waals surface area contributed by atoms with Gasteiger partial charge in [-0.3, -0.25) is 4.79 Å². The Bertz CT molecular complexity index is 819. The summed E-state index contributed by atoms with van der Waals surface area (Å²) in [6.45, 7) is 4.45. The van der Waals surface area contributed by atoms with Gasteiger partial charge in [-0.15, -0.1) is 11.3 Å². The van der Waals surface area contributed by atoms with E-state index < -0.39 is 5.63 Å². The Morgan fingerprint density at radius 3 is 2.60 bits per heavy atom. The lowest BCUT2D eigenvalue weighted by Crippen LogP contribution is -2.49. The molecule has 1 saturated carbocycles. The summed E-state index contributed by atoms with van der Waals surface area (Å²) in [7, 11) is 0. The lowest BCUT2D eigenvalue weighted by molar-refractivity contribution is 0.0740. The molecular weight excluding hydrogens is 338 g/mol. The van der Waals surface area contributed by atoms with Crippen LogP contribution in [0.4, 0.5) is 5.13 Å². The van der Waals surface area contributed by atoms with E-state index in [1.54, 1.807) is 22.4 Å². The number of amides is 1. The molecule has 1 aliphatic heterocycles. The zero-order valence-electron chi connectivity index (χ0n) is 14.2. The Balaban J connectivity index is 1.49. The zero-order valence-corrected chi connectivity index (χ0v) is 15.1. The zero-order chi connectivity index (χ0) is 17.4. The van der Waals surface area contributed by atoms with Crippen molar-refractivity contribution in [2.24, 2.45) is 0 Å². The van der Waals surface area contributed by atoms with E-state index in [1.807, 2.05) is 18.4 Å². The monoisotopic (exact) mass is 359 g/mol. The van der Waals surface area contributed by atoms with E-state index in [0.717, 1.165) is 42.4 Å². The van der Waals surface area contributed by atoms with Gasteiger partial charge in [0.05, 0.1) is 0 Å². The highest BCUT2D eigenvalue weighted by Gasteiger charge is 2.29. The average molecular weight is 359 g/mol. The highest BCUT2D eigenvalue weighted by molar-refractivity contribution is 7.13. The van der Waals surface area contributed by atoms with E-state index in [-0.39, 0.29) is 11.5 Å². The summed E-state index contributed by atoms with van der Waals surface area (Å²) in [6, 6.07) is 1.88. The Morgan fingerprint density at radius 2 is 2.04 bits per heavy atom. The summed E-state index contributed by atoms with van der Waals surface area (Å²) in [5.41, 5.74) is 0.422. The second kappa shape index (κ2) is 6.63. The molecule has 1 saturated heterocycles. The van der Waals surface area contributed by atoms with Crippen LogP contribution in [-0.2, 0) is 0 Å². The van der Waals surface area contributed by atoms with Gasteiger partial charge in [-0.25, -0.2) is 9.78 Å². The molecule has 1 amide bonds. The summed E-state index contributed by atoms with van der Waals surface area (Å²) < 4.78 is 5.46. The van der Waals surface area contributed by atoms with Gasteiger partial charge >= 0.3 is 5.63 Å². The number of hydrogen-bond donors (Lipinski definition) is 0. The lowest BCUT2D eigenvalue weighted by Gasteiger charge is -2.34. The van der Waals surface area contributed by atoms with E-state index >= 15 is 0 Å². The van der Waals surface area contributed by atoms with Crippen LogP contribution in [0.5, 0.6) is 0 Å². The fourth-order valence-electron chi connectivity index (χ4n) is 3.42. The van der Waals surface area contributed by atoms with Crippen LogP contribution in [0.25, 0.3) is 0 Å². The highest BCUT2D eigenvalue weighted by atomic mass is 32.1. The molecule has 0 atom stereocenters. The molecule has 2 aromatic rings. The van der Waals surface area contributed by atoms with Crippen LogP contribution < -0.4 is 10.5 Å². The van der Waals surface area contributed by atoms with Gasteiger partial charge < -0.3 is 14.2 Å². The molecule has 0 unspecified atom stereocenters. The third-order valence-electron chi connectivity index (χ3n) is 5.15. The van der Waals surface area contributed by atoms with Crippen molar-refractivity contribution in [2.45, 2.75) is 32.1 Å². The van der Waals surface area contributed by atoms with E-state index in [0.29, 0.717) is 19.0 Å². The van der Waals surface area contributed by atoms with Crippen molar-refractivity contribution >= 4 is 22.4 Å². The standard InChI is InChI=1S/C18H21N3O3S/c1-12-11-14(13-3-2-4-13)24-17(23)15(12)16(22)20-6-8-21(9-7-20)18-19-5-10-25-18/h5,10-11,13H,2-4,6-9H2,1H3. The molecule has 0 N–H and O–H groups in total. The minimum Gasteiger partial charge on any atom is -0.427 e. The van der Waals surface area contributed by atoms with Crippen molar-refractivity contribution in [3.05, 3.63) is 45.0 Å². The van der Waals surface area contributed by atoms with Crippen molar-refractivity contribution in [3.8, 4) is 0 Å². The first-order valence-corrected chi connectivity index (χ1v) is 9.60. The van der Waals surface area contributed by atoms with Gasteiger partial charge in [0.1, 0.15) is 11.3 Å². The number of aromatic nitrogens is 1. The van der Waals surface area contributed by atoms with Crippen molar-refractivity contribution in [2.75, 3.05) is 31.1 Å². The number of carbonyl (C=O) groups is 1. The van der Waals surface area contributed by atoms with Gasteiger partial charge in [0.25, 0.3) is 5.91 Å². The lowest BCUT2D eigenvalue weighted by atomic mass is 9.83. The number of anilines is 1. The summed E-state index contributed by atoms with van der Waals surface area (Å²) in [5, 5.41) is 2.93. The first-order chi connectivity index (χ1) is 12.1. The van der Waals surface area contributed by atoms with Crippen LogP contribution in [0.15, 0.2) is 26.9 Å². The SMILES string of the molecule is Cc1cc(C2CCC2)oc(=O)c1C(=O)N1CCN(c2nccs2)CC1. The molecule has 2 aromatic heterocycles. The molecule has 2 fully saturated rings. The van der Waals surface area contributed by atoms with Gasteiger partial charge in [-0.1, -0.05) is 6.42 Å². The van der Waals surface area contributed by atoms with Crippen LogP contribution in [0.2, 0.25) is 0 Å². The van der Waals surface area contributed by atoms with Gasteiger partial charge in [-0.2, -0.15) is 0 Å². The van der Waals surface area contributed by atoms with Gasteiger partial charge in [-0.05, 0) is 31.4 Å². The number of nitrogens with zero attached hydrogens (tertiary/aromatic N) is 3. The maximum absolute atomic E-state index is 12.8. The maximum Gasteiger partial charge on any atom is 0.349 e. The quantitative estimate of drug-likeness (QED) is 0.843.